The summed E-state index contributed by atoms with van der Waals surface area (Å²) < 4.78 is 2.27. The van der Waals surface area contributed by atoms with Crippen molar-refractivity contribution >= 4 is 28.0 Å². The molecule has 0 amide bonds. The molecule has 0 saturated heterocycles. The summed E-state index contributed by atoms with van der Waals surface area (Å²) in [6.07, 6.45) is 2.18. The molecule has 222 valence electrons. The number of hydrogen-bond donors (Lipinski definition) is 0. The molecule has 2 nitrogen and oxygen atoms in total. The van der Waals surface area contributed by atoms with Crippen molar-refractivity contribution in [2.24, 2.45) is 0 Å². The Kier molecular flexibility index (Phi) is 5.63. The molecule has 0 radical (unpaired) electrons. The smallest absolute Gasteiger partial charge is 0.0529 e. The minimum Gasteiger partial charge on any atom is -0.317 e. The first kappa shape index (κ1) is 27.0. The fourth-order valence-electron chi connectivity index (χ4n) is 8.19. The molecule has 2 aliphatic carbocycles. The van der Waals surface area contributed by atoms with E-state index in [0.29, 0.717) is 0 Å². The van der Waals surface area contributed by atoms with Crippen LogP contribution in [-0.2, 0) is 10.8 Å². The Hall–Kier alpha value is -5.34. The standard InChI is InChI=1S/C44H36N2/c1-43(2)38-16-10-8-14-34(38)36-21-18-32(27-40(36)43)46(31-20-23-42-29(26-31)24-25-45(42)30-12-6-5-7-13-30)33-19-22-37-35-15-9-11-17-39(35)44(3,4)41(37)28-33/h5-28H,1-4H3. The van der Waals surface area contributed by atoms with Gasteiger partial charge in [0.1, 0.15) is 0 Å². The molecule has 0 unspecified atom stereocenters. The molecule has 0 fully saturated rings. The molecule has 46 heavy (non-hydrogen) atoms. The molecule has 1 aromatic heterocycles. The van der Waals surface area contributed by atoms with E-state index in [1.807, 2.05) is 0 Å². The van der Waals surface area contributed by atoms with Crippen molar-refractivity contribution in [1.29, 1.82) is 0 Å². The molecule has 0 saturated carbocycles. The lowest BCUT2D eigenvalue weighted by Crippen LogP contribution is -2.18. The van der Waals surface area contributed by atoms with Crippen LogP contribution in [0.5, 0.6) is 0 Å². The topological polar surface area (TPSA) is 8.17 Å². The van der Waals surface area contributed by atoms with Gasteiger partial charge in [-0.3, -0.25) is 0 Å². The van der Waals surface area contributed by atoms with Crippen LogP contribution in [0.4, 0.5) is 17.1 Å². The number of anilines is 3. The van der Waals surface area contributed by atoms with Crippen molar-refractivity contribution in [3.05, 3.63) is 168 Å². The molecule has 6 aromatic carbocycles. The second kappa shape index (κ2) is 9.58. The van der Waals surface area contributed by atoms with Crippen molar-refractivity contribution in [3.8, 4) is 27.9 Å². The Morgan fingerprint density at radius 2 is 0.913 bits per heavy atom. The molecular formula is C44H36N2. The predicted octanol–water partition coefficient (Wildman–Crippen LogP) is 11.7. The lowest BCUT2D eigenvalue weighted by Gasteiger charge is -2.30. The second-order valence-corrected chi connectivity index (χ2v) is 13.9. The van der Waals surface area contributed by atoms with Gasteiger partial charge in [0.25, 0.3) is 0 Å². The largest absolute Gasteiger partial charge is 0.317 e. The summed E-state index contributed by atoms with van der Waals surface area (Å²) in [5.74, 6) is 0. The highest BCUT2D eigenvalue weighted by Gasteiger charge is 2.37. The quantitative estimate of drug-likeness (QED) is 0.197. The van der Waals surface area contributed by atoms with E-state index in [-0.39, 0.29) is 10.8 Å². The molecule has 2 aliphatic rings. The van der Waals surface area contributed by atoms with Crippen LogP contribution in [0.2, 0.25) is 0 Å². The maximum atomic E-state index is 2.46. The van der Waals surface area contributed by atoms with Crippen molar-refractivity contribution in [1.82, 2.24) is 4.57 Å². The molecule has 0 spiro atoms. The van der Waals surface area contributed by atoms with Crippen molar-refractivity contribution < 1.29 is 0 Å². The second-order valence-electron chi connectivity index (χ2n) is 13.9. The summed E-state index contributed by atoms with van der Waals surface area (Å²) in [4.78, 5) is 2.46. The predicted molar refractivity (Wildman–Crippen MR) is 193 cm³/mol. The van der Waals surface area contributed by atoms with E-state index in [4.69, 9.17) is 0 Å². The Labute approximate surface area is 271 Å². The molecule has 0 bridgehead atoms. The third-order valence-corrected chi connectivity index (χ3v) is 10.6. The fourth-order valence-corrected chi connectivity index (χ4v) is 8.19. The van der Waals surface area contributed by atoms with Crippen LogP contribution in [0.3, 0.4) is 0 Å². The van der Waals surface area contributed by atoms with Crippen molar-refractivity contribution in [2.45, 2.75) is 38.5 Å². The van der Waals surface area contributed by atoms with Crippen LogP contribution < -0.4 is 4.90 Å². The number of benzene rings is 6. The number of rotatable bonds is 4. The highest BCUT2D eigenvalue weighted by Crippen LogP contribution is 2.53. The molecule has 0 aliphatic heterocycles. The molecule has 0 N–H and O–H groups in total. The van der Waals surface area contributed by atoms with E-state index in [2.05, 4.69) is 183 Å². The molecule has 7 aromatic rings. The summed E-state index contributed by atoms with van der Waals surface area (Å²) in [5, 5.41) is 1.22. The van der Waals surface area contributed by atoms with E-state index >= 15 is 0 Å². The Morgan fingerprint density at radius 3 is 1.50 bits per heavy atom. The first-order chi connectivity index (χ1) is 22.3. The molecule has 1 heterocycles. The SMILES string of the molecule is CC1(C)c2ccccc2-c2ccc(N(c3ccc4c(c3)C(C)(C)c3ccccc3-4)c3ccc4c(ccn4-c4ccccc4)c3)cc21. The fraction of sp³-hybridized carbons (Fsp3) is 0.136. The number of fused-ring (bicyclic) bond motifs is 7. The van der Waals surface area contributed by atoms with Gasteiger partial charge in [0.05, 0.1) is 5.52 Å². The van der Waals surface area contributed by atoms with Crippen LogP contribution in [0.25, 0.3) is 38.8 Å². The Bertz CT molecular complexity index is 2210. The van der Waals surface area contributed by atoms with Gasteiger partial charge in [0.2, 0.25) is 0 Å². The lowest BCUT2D eigenvalue weighted by atomic mass is 9.82. The summed E-state index contributed by atoms with van der Waals surface area (Å²) in [7, 11) is 0. The van der Waals surface area contributed by atoms with Gasteiger partial charge in [-0.05, 0) is 105 Å². The zero-order chi connectivity index (χ0) is 31.2. The summed E-state index contributed by atoms with van der Waals surface area (Å²) >= 11 is 0. The van der Waals surface area contributed by atoms with Crippen molar-refractivity contribution in [2.75, 3.05) is 4.90 Å². The molecule has 0 atom stereocenters. The number of para-hydroxylation sites is 1. The third-order valence-electron chi connectivity index (χ3n) is 10.6. The Morgan fingerprint density at radius 1 is 0.435 bits per heavy atom. The van der Waals surface area contributed by atoms with Gasteiger partial charge >= 0.3 is 0 Å². The highest BCUT2D eigenvalue weighted by atomic mass is 15.1. The van der Waals surface area contributed by atoms with E-state index < -0.39 is 0 Å². The third kappa shape index (κ3) is 3.77. The van der Waals surface area contributed by atoms with Crippen LogP contribution in [-0.4, -0.2) is 4.57 Å². The number of hydrogen-bond acceptors (Lipinski definition) is 1. The minimum absolute atomic E-state index is 0.0773. The van der Waals surface area contributed by atoms with Crippen LogP contribution >= 0.6 is 0 Å². The first-order valence-electron chi connectivity index (χ1n) is 16.3. The van der Waals surface area contributed by atoms with E-state index in [0.717, 1.165) is 5.69 Å². The maximum Gasteiger partial charge on any atom is 0.0529 e. The van der Waals surface area contributed by atoms with E-state index in [1.165, 1.54) is 72.5 Å². The highest BCUT2D eigenvalue weighted by molar-refractivity contribution is 5.92. The van der Waals surface area contributed by atoms with Gasteiger partial charge in [-0.1, -0.05) is 107 Å². The zero-order valence-electron chi connectivity index (χ0n) is 26.8. The number of nitrogens with zero attached hydrogens (tertiary/aromatic N) is 2. The average Bonchev–Trinajstić information content (AvgIpc) is 3.68. The molecular weight excluding hydrogens is 556 g/mol. The van der Waals surface area contributed by atoms with Crippen molar-refractivity contribution in [3.63, 3.8) is 0 Å². The van der Waals surface area contributed by atoms with E-state index in [1.54, 1.807) is 0 Å². The van der Waals surface area contributed by atoms with Gasteiger partial charge in [-0.15, -0.1) is 0 Å². The summed E-state index contributed by atoms with van der Waals surface area (Å²) in [6.45, 7) is 9.44. The maximum absolute atomic E-state index is 2.46. The van der Waals surface area contributed by atoms with Gasteiger partial charge < -0.3 is 9.47 Å². The van der Waals surface area contributed by atoms with E-state index in [9.17, 15) is 0 Å². The van der Waals surface area contributed by atoms with Crippen LogP contribution in [0.1, 0.15) is 49.9 Å². The van der Waals surface area contributed by atoms with Gasteiger partial charge in [-0.2, -0.15) is 0 Å². The van der Waals surface area contributed by atoms with Gasteiger partial charge in [0, 0.05) is 45.2 Å². The summed E-state index contributed by atoms with van der Waals surface area (Å²) in [5.41, 5.74) is 16.6. The minimum atomic E-state index is -0.0773. The zero-order valence-corrected chi connectivity index (χ0v) is 26.8. The monoisotopic (exact) mass is 592 g/mol. The van der Waals surface area contributed by atoms with Gasteiger partial charge in [-0.25, -0.2) is 0 Å². The van der Waals surface area contributed by atoms with Crippen LogP contribution in [0.15, 0.2) is 146 Å². The van der Waals surface area contributed by atoms with Crippen LogP contribution in [0, 0.1) is 0 Å². The normalized spacial score (nSPS) is 14.9. The molecule has 9 rings (SSSR count). The summed E-state index contributed by atoms with van der Waals surface area (Å²) in [6, 6.07) is 51.6. The van der Waals surface area contributed by atoms with Gasteiger partial charge in [0.15, 0.2) is 0 Å². The first-order valence-corrected chi connectivity index (χ1v) is 16.3. The average molecular weight is 593 g/mol. The lowest BCUT2D eigenvalue weighted by molar-refractivity contribution is 0.660. The Balaban J connectivity index is 1.24. The molecule has 2 heteroatoms. The number of aromatic nitrogens is 1.